The summed E-state index contributed by atoms with van der Waals surface area (Å²) in [5.74, 6) is 2.18. The van der Waals surface area contributed by atoms with E-state index in [1.807, 2.05) is 31.2 Å². The highest BCUT2D eigenvalue weighted by Crippen LogP contribution is 2.38. The van der Waals surface area contributed by atoms with Crippen molar-refractivity contribution in [3.8, 4) is 17.2 Å². The lowest BCUT2D eigenvalue weighted by molar-refractivity contribution is -0.117. The Morgan fingerprint density at radius 1 is 1.21 bits per heavy atom. The minimum absolute atomic E-state index is 0.0415. The lowest BCUT2D eigenvalue weighted by Gasteiger charge is -2.25. The van der Waals surface area contributed by atoms with Gasteiger partial charge in [0, 0.05) is 22.6 Å². The molecule has 2 aromatic rings. The van der Waals surface area contributed by atoms with Crippen LogP contribution in [0.5, 0.6) is 17.2 Å². The van der Waals surface area contributed by atoms with Crippen molar-refractivity contribution in [2.24, 2.45) is 0 Å². The fraction of sp³-hybridized carbons (Fsp3) is 0.409. The molecule has 0 aromatic heterocycles. The number of carbonyl (C=O) groups is 1. The second-order valence-electron chi connectivity index (χ2n) is 7.15. The van der Waals surface area contributed by atoms with Crippen LogP contribution in [0.25, 0.3) is 0 Å². The van der Waals surface area contributed by atoms with Crippen molar-refractivity contribution in [2.45, 2.75) is 25.8 Å². The quantitative estimate of drug-likeness (QED) is 0.692. The highest BCUT2D eigenvalue weighted by molar-refractivity contribution is 9.10. The van der Waals surface area contributed by atoms with Crippen LogP contribution in [0.2, 0.25) is 0 Å². The van der Waals surface area contributed by atoms with E-state index >= 15 is 0 Å². The van der Waals surface area contributed by atoms with E-state index in [4.69, 9.17) is 14.2 Å². The fourth-order valence-corrected chi connectivity index (χ4v) is 4.30. The average molecular weight is 461 g/mol. The molecule has 2 heterocycles. The Labute approximate surface area is 179 Å². The number of benzene rings is 2. The number of nitrogens with one attached hydrogen (secondary N) is 1. The normalized spacial score (nSPS) is 18.5. The van der Waals surface area contributed by atoms with Crippen LogP contribution < -0.4 is 19.5 Å². The summed E-state index contributed by atoms with van der Waals surface area (Å²) >= 11 is 3.51. The molecule has 1 fully saturated rings. The summed E-state index contributed by atoms with van der Waals surface area (Å²) < 4.78 is 17.5. The first-order valence-electron chi connectivity index (χ1n) is 10.00. The van der Waals surface area contributed by atoms with Gasteiger partial charge in [0.2, 0.25) is 5.91 Å². The molecule has 1 atom stereocenters. The first kappa shape index (κ1) is 20.0. The van der Waals surface area contributed by atoms with Crippen LogP contribution in [-0.4, -0.2) is 43.7 Å². The Kier molecular flexibility index (Phi) is 6.25. The predicted molar refractivity (Wildman–Crippen MR) is 115 cm³/mol. The van der Waals surface area contributed by atoms with Crippen molar-refractivity contribution < 1.29 is 19.0 Å². The minimum atomic E-state index is -0.0415. The first-order chi connectivity index (χ1) is 14.1. The van der Waals surface area contributed by atoms with Crippen LogP contribution in [0.15, 0.2) is 40.9 Å². The molecule has 0 spiro atoms. The van der Waals surface area contributed by atoms with Crippen molar-refractivity contribution in [3.63, 3.8) is 0 Å². The number of anilines is 1. The molecule has 2 aliphatic rings. The molecular weight excluding hydrogens is 436 g/mol. The molecule has 29 heavy (non-hydrogen) atoms. The molecule has 0 saturated carbocycles. The van der Waals surface area contributed by atoms with Crippen molar-refractivity contribution in [1.82, 2.24) is 4.90 Å². The number of ether oxygens (including phenoxy) is 3. The topological polar surface area (TPSA) is 60.0 Å². The molecule has 0 radical (unpaired) electrons. The minimum Gasteiger partial charge on any atom is -0.494 e. The van der Waals surface area contributed by atoms with Crippen LogP contribution in [0, 0.1) is 0 Å². The zero-order valence-electron chi connectivity index (χ0n) is 16.4. The van der Waals surface area contributed by atoms with Gasteiger partial charge < -0.3 is 19.5 Å². The van der Waals surface area contributed by atoms with Gasteiger partial charge in [0.05, 0.1) is 18.8 Å². The zero-order valence-corrected chi connectivity index (χ0v) is 18.0. The average Bonchev–Trinajstić information content (AvgIpc) is 3.17. The molecule has 1 amide bonds. The molecule has 2 aromatic carbocycles. The van der Waals surface area contributed by atoms with Gasteiger partial charge in [-0.1, -0.05) is 12.1 Å². The molecule has 1 unspecified atom stereocenters. The van der Waals surface area contributed by atoms with E-state index in [1.54, 1.807) is 0 Å². The van der Waals surface area contributed by atoms with Crippen LogP contribution in [0.4, 0.5) is 5.69 Å². The summed E-state index contributed by atoms with van der Waals surface area (Å²) in [4.78, 5) is 15.0. The van der Waals surface area contributed by atoms with Gasteiger partial charge in [0.15, 0.2) is 11.5 Å². The fourth-order valence-electron chi connectivity index (χ4n) is 3.88. The summed E-state index contributed by atoms with van der Waals surface area (Å²) in [7, 11) is 0. The zero-order chi connectivity index (χ0) is 20.2. The Morgan fingerprint density at radius 3 is 2.66 bits per heavy atom. The molecule has 4 rings (SSSR count). The number of hydrogen-bond donors (Lipinski definition) is 1. The van der Waals surface area contributed by atoms with Gasteiger partial charge in [0.25, 0.3) is 0 Å². The van der Waals surface area contributed by atoms with E-state index < -0.39 is 0 Å². The molecule has 2 aliphatic heterocycles. The number of nitrogens with zero attached hydrogens (tertiary/aromatic N) is 1. The van der Waals surface area contributed by atoms with E-state index in [0.717, 1.165) is 29.6 Å². The van der Waals surface area contributed by atoms with Gasteiger partial charge in [-0.3, -0.25) is 9.69 Å². The van der Waals surface area contributed by atoms with Crippen molar-refractivity contribution >= 4 is 27.5 Å². The third kappa shape index (κ3) is 4.67. The number of amides is 1. The van der Waals surface area contributed by atoms with Crippen molar-refractivity contribution in [1.29, 1.82) is 0 Å². The summed E-state index contributed by atoms with van der Waals surface area (Å²) in [6, 6.07) is 12.1. The van der Waals surface area contributed by atoms with Crippen molar-refractivity contribution in [3.05, 3.63) is 46.4 Å². The largest absolute Gasteiger partial charge is 0.494 e. The standard InChI is InChI=1S/C22H25BrN2O4/c1-2-27-16-7-5-15(6-8-16)19-4-3-9-25(19)14-22(26)24-18-13-21-20(12-17(18)23)28-10-11-29-21/h5-8,12-13,19H,2-4,9-11,14H2,1H3,(H,24,26). The SMILES string of the molecule is CCOc1ccc(C2CCCN2CC(=O)Nc2cc3c(cc2Br)OCCO3)cc1. The second kappa shape index (κ2) is 9.05. The lowest BCUT2D eigenvalue weighted by Crippen LogP contribution is -2.33. The Bertz CT molecular complexity index is 872. The molecule has 7 heteroatoms. The monoisotopic (exact) mass is 460 g/mol. The van der Waals surface area contributed by atoms with Gasteiger partial charge in [-0.25, -0.2) is 0 Å². The Hall–Kier alpha value is -2.25. The smallest absolute Gasteiger partial charge is 0.238 e. The van der Waals surface area contributed by atoms with Crippen LogP contribution >= 0.6 is 15.9 Å². The first-order valence-corrected chi connectivity index (χ1v) is 10.8. The van der Waals surface area contributed by atoms with Crippen LogP contribution in [0.1, 0.15) is 31.4 Å². The highest BCUT2D eigenvalue weighted by Gasteiger charge is 2.28. The Morgan fingerprint density at radius 2 is 1.93 bits per heavy atom. The maximum atomic E-state index is 12.7. The summed E-state index contributed by atoms with van der Waals surface area (Å²) in [5.41, 5.74) is 1.91. The summed E-state index contributed by atoms with van der Waals surface area (Å²) in [6.07, 6.45) is 2.13. The predicted octanol–water partition coefficient (Wildman–Crippen LogP) is 4.39. The van der Waals surface area contributed by atoms with E-state index in [-0.39, 0.29) is 11.9 Å². The molecule has 1 saturated heterocycles. The van der Waals surface area contributed by atoms with Gasteiger partial charge in [-0.05, 0) is 59.9 Å². The number of rotatable bonds is 6. The van der Waals surface area contributed by atoms with Crippen molar-refractivity contribution in [2.75, 3.05) is 38.2 Å². The third-order valence-electron chi connectivity index (χ3n) is 5.19. The number of carbonyl (C=O) groups excluding carboxylic acids is 1. The Balaban J connectivity index is 1.41. The molecular formula is C22H25BrN2O4. The van der Waals surface area contributed by atoms with E-state index in [2.05, 4.69) is 38.3 Å². The lowest BCUT2D eigenvalue weighted by atomic mass is 10.0. The van der Waals surface area contributed by atoms with E-state index in [9.17, 15) is 4.79 Å². The summed E-state index contributed by atoms with van der Waals surface area (Å²) in [6.45, 7) is 4.94. The molecule has 154 valence electrons. The maximum absolute atomic E-state index is 12.7. The molecule has 0 aliphatic carbocycles. The van der Waals surface area contributed by atoms with Gasteiger partial charge >= 0.3 is 0 Å². The number of halogens is 1. The second-order valence-corrected chi connectivity index (χ2v) is 8.01. The number of likely N-dealkylation sites (tertiary alicyclic amines) is 1. The van der Waals surface area contributed by atoms with Gasteiger partial charge in [-0.2, -0.15) is 0 Å². The van der Waals surface area contributed by atoms with Gasteiger partial charge in [-0.15, -0.1) is 0 Å². The molecule has 6 nitrogen and oxygen atoms in total. The molecule has 1 N–H and O–H groups in total. The number of hydrogen-bond acceptors (Lipinski definition) is 5. The van der Waals surface area contributed by atoms with Crippen LogP contribution in [0.3, 0.4) is 0 Å². The molecule has 0 bridgehead atoms. The number of fused-ring (bicyclic) bond motifs is 1. The van der Waals surface area contributed by atoms with Gasteiger partial charge in [0.1, 0.15) is 19.0 Å². The highest BCUT2D eigenvalue weighted by atomic mass is 79.9. The third-order valence-corrected chi connectivity index (χ3v) is 5.85. The van der Waals surface area contributed by atoms with E-state index in [1.165, 1.54) is 5.56 Å². The van der Waals surface area contributed by atoms with Crippen LogP contribution in [-0.2, 0) is 4.79 Å². The summed E-state index contributed by atoms with van der Waals surface area (Å²) in [5, 5.41) is 3.00. The maximum Gasteiger partial charge on any atom is 0.238 e. The van der Waals surface area contributed by atoms with E-state index in [0.29, 0.717) is 43.6 Å².